The van der Waals surface area contributed by atoms with Gasteiger partial charge in [-0.3, -0.25) is 4.68 Å². The summed E-state index contributed by atoms with van der Waals surface area (Å²) in [5.74, 6) is 0.816. The topological polar surface area (TPSA) is 43.9 Å². The lowest BCUT2D eigenvalue weighted by Crippen LogP contribution is -2.00. The molecule has 4 nitrogen and oxygen atoms in total. The molecular weight excluding hydrogens is 306 g/mol. The van der Waals surface area contributed by atoms with Crippen molar-refractivity contribution in [2.45, 2.75) is 13.5 Å². The molecule has 4 rings (SSSR count). The van der Waals surface area contributed by atoms with Crippen LogP contribution in [0, 0.1) is 6.92 Å². The Hall–Kier alpha value is -2.66. The summed E-state index contributed by atoms with van der Waals surface area (Å²) >= 11 is 1.74. The molecule has 114 valence electrons. The second kappa shape index (κ2) is 5.85. The molecule has 0 atom stereocenters. The van der Waals surface area contributed by atoms with E-state index in [0.717, 1.165) is 22.7 Å². The van der Waals surface area contributed by atoms with Gasteiger partial charge >= 0.3 is 0 Å². The van der Waals surface area contributed by atoms with Gasteiger partial charge in [0.25, 0.3) is 0 Å². The summed E-state index contributed by atoms with van der Waals surface area (Å²) in [5, 5.41) is 10.7. The van der Waals surface area contributed by atoms with E-state index >= 15 is 0 Å². The summed E-state index contributed by atoms with van der Waals surface area (Å²) in [6, 6.07) is 16.6. The van der Waals surface area contributed by atoms with Crippen molar-refractivity contribution in [2.24, 2.45) is 0 Å². The zero-order valence-corrected chi connectivity index (χ0v) is 13.5. The number of hydrogen-bond donors (Lipinski definition) is 0. The quantitative estimate of drug-likeness (QED) is 0.551. The normalized spacial score (nSPS) is 11.0. The lowest BCUT2D eigenvalue weighted by Gasteiger charge is -2.01. The van der Waals surface area contributed by atoms with E-state index < -0.39 is 0 Å². The summed E-state index contributed by atoms with van der Waals surface area (Å²) in [7, 11) is 0. The predicted molar refractivity (Wildman–Crippen MR) is 91.3 cm³/mol. The van der Waals surface area contributed by atoms with E-state index in [1.54, 1.807) is 11.3 Å². The average molecular weight is 321 g/mol. The zero-order chi connectivity index (χ0) is 15.6. The largest absolute Gasteiger partial charge is 0.361 e. The number of aryl methyl sites for hydroxylation is 1. The Morgan fingerprint density at radius 3 is 2.78 bits per heavy atom. The van der Waals surface area contributed by atoms with Gasteiger partial charge in [-0.25, -0.2) is 0 Å². The summed E-state index contributed by atoms with van der Waals surface area (Å²) in [5.41, 5.74) is 4.18. The Balaban J connectivity index is 1.60. The molecule has 5 heteroatoms. The summed E-state index contributed by atoms with van der Waals surface area (Å²) < 4.78 is 6.97. The highest BCUT2D eigenvalue weighted by Gasteiger charge is 2.07. The van der Waals surface area contributed by atoms with E-state index in [1.807, 2.05) is 29.9 Å². The third-order valence-electron chi connectivity index (χ3n) is 3.61. The molecule has 1 aromatic carbocycles. The molecule has 0 radical (unpaired) electrons. The van der Waals surface area contributed by atoms with Gasteiger partial charge < -0.3 is 4.52 Å². The molecular formula is C18H15N3OS. The molecule has 3 aromatic heterocycles. The number of rotatable bonds is 4. The fraction of sp³-hybridized carbons (Fsp3) is 0.111. The van der Waals surface area contributed by atoms with Crippen molar-refractivity contribution in [3.8, 4) is 21.7 Å². The van der Waals surface area contributed by atoms with Crippen molar-refractivity contribution in [3.63, 3.8) is 0 Å². The van der Waals surface area contributed by atoms with Crippen molar-refractivity contribution in [2.75, 3.05) is 0 Å². The fourth-order valence-electron chi connectivity index (χ4n) is 2.54. The van der Waals surface area contributed by atoms with Gasteiger partial charge in [0.2, 0.25) is 0 Å². The maximum atomic E-state index is 5.10. The number of aromatic nitrogens is 3. The van der Waals surface area contributed by atoms with Gasteiger partial charge in [-0.2, -0.15) is 5.10 Å². The van der Waals surface area contributed by atoms with Crippen LogP contribution < -0.4 is 0 Å². The van der Waals surface area contributed by atoms with E-state index in [9.17, 15) is 0 Å². The Kier molecular flexibility index (Phi) is 3.55. The minimum Gasteiger partial charge on any atom is -0.361 e. The third-order valence-corrected chi connectivity index (χ3v) is 4.52. The van der Waals surface area contributed by atoms with E-state index in [2.05, 4.69) is 52.0 Å². The smallest absolute Gasteiger partial charge is 0.133 e. The van der Waals surface area contributed by atoms with Gasteiger partial charge in [0.05, 0.1) is 12.2 Å². The van der Waals surface area contributed by atoms with E-state index in [0.29, 0.717) is 6.54 Å². The Bertz CT molecular complexity index is 921. The van der Waals surface area contributed by atoms with Crippen molar-refractivity contribution in [1.82, 2.24) is 14.9 Å². The van der Waals surface area contributed by atoms with Crippen LogP contribution in [0.3, 0.4) is 0 Å². The number of benzene rings is 1. The molecule has 0 N–H and O–H groups in total. The lowest BCUT2D eigenvalue weighted by atomic mass is 10.1. The monoisotopic (exact) mass is 321 g/mol. The highest BCUT2D eigenvalue weighted by atomic mass is 32.1. The van der Waals surface area contributed by atoms with Crippen LogP contribution in [0.5, 0.6) is 0 Å². The van der Waals surface area contributed by atoms with Crippen LogP contribution in [0.25, 0.3) is 21.7 Å². The van der Waals surface area contributed by atoms with Gasteiger partial charge in [0.15, 0.2) is 0 Å². The van der Waals surface area contributed by atoms with Gasteiger partial charge in [-0.15, -0.1) is 11.3 Å². The summed E-state index contributed by atoms with van der Waals surface area (Å²) in [4.78, 5) is 1.27. The fourth-order valence-corrected chi connectivity index (χ4v) is 3.26. The molecule has 0 saturated heterocycles. The SMILES string of the molecule is Cc1cc(Cn2ccc(-c3cccc(-c4cccs4)c3)n2)no1. The van der Waals surface area contributed by atoms with E-state index in [4.69, 9.17) is 4.52 Å². The first-order chi connectivity index (χ1) is 11.3. The first-order valence-electron chi connectivity index (χ1n) is 7.38. The van der Waals surface area contributed by atoms with Crippen molar-refractivity contribution >= 4 is 11.3 Å². The van der Waals surface area contributed by atoms with Crippen molar-refractivity contribution in [1.29, 1.82) is 0 Å². The Morgan fingerprint density at radius 2 is 2.00 bits per heavy atom. The average Bonchev–Trinajstić information content (AvgIpc) is 3.30. The van der Waals surface area contributed by atoms with Crippen LogP contribution in [0.4, 0.5) is 0 Å². The van der Waals surface area contributed by atoms with Gasteiger partial charge in [0, 0.05) is 22.7 Å². The third kappa shape index (κ3) is 2.96. The van der Waals surface area contributed by atoms with Crippen molar-refractivity contribution < 1.29 is 4.52 Å². The number of nitrogens with zero attached hydrogens (tertiary/aromatic N) is 3. The van der Waals surface area contributed by atoms with Crippen LogP contribution in [0.15, 0.2) is 64.6 Å². The van der Waals surface area contributed by atoms with E-state index in [-0.39, 0.29) is 0 Å². The molecule has 0 fully saturated rings. The standard InChI is InChI=1S/C18H15N3OS/c1-13-10-16(20-22-13)12-21-8-7-17(19-21)14-4-2-5-15(11-14)18-6-3-9-23-18/h2-11H,12H2,1H3. The molecule has 0 amide bonds. The number of hydrogen-bond acceptors (Lipinski definition) is 4. The molecule has 3 heterocycles. The second-order valence-corrected chi connectivity index (χ2v) is 6.33. The van der Waals surface area contributed by atoms with Gasteiger partial charge in [0.1, 0.15) is 11.5 Å². The molecule has 0 spiro atoms. The Morgan fingerprint density at radius 1 is 1.09 bits per heavy atom. The van der Waals surface area contributed by atoms with E-state index in [1.165, 1.54) is 10.4 Å². The molecule has 0 bridgehead atoms. The predicted octanol–water partition coefficient (Wildman–Crippen LogP) is 4.62. The van der Waals surface area contributed by atoms with Crippen LogP contribution in [0.1, 0.15) is 11.5 Å². The van der Waals surface area contributed by atoms with Gasteiger partial charge in [-0.1, -0.05) is 29.4 Å². The van der Waals surface area contributed by atoms with Crippen LogP contribution >= 0.6 is 11.3 Å². The minimum absolute atomic E-state index is 0.613. The molecule has 0 unspecified atom stereocenters. The first kappa shape index (κ1) is 14.0. The maximum Gasteiger partial charge on any atom is 0.133 e. The molecule has 0 aliphatic heterocycles. The number of thiophene rings is 1. The second-order valence-electron chi connectivity index (χ2n) is 5.39. The first-order valence-corrected chi connectivity index (χ1v) is 8.26. The van der Waals surface area contributed by atoms with Crippen LogP contribution in [-0.4, -0.2) is 14.9 Å². The highest BCUT2D eigenvalue weighted by Crippen LogP contribution is 2.28. The molecule has 23 heavy (non-hydrogen) atoms. The van der Waals surface area contributed by atoms with Crippen molar-refractivity contribution in [3.05, 3.63) is 71.6 Å². The lowest BCUT2D eigenvalue weighted by molar-refractivity contribution is 0.388. The molecule has 0 aliphatic carbocycles. The summed E-state index contributed by atoms with van der Waals surface area (Å²) in [6.45, 7) is 2.50. The Labute approximate surface area is 138 Å². The van der Waals surface area contributed by atoms with Crippen LogP contribution in [-0.2, 0) is 6.54 Å². The maximum absolute atomic E-state index is 5.10. The van der Waals surface area contributed by atoms with Crippen LogP contribution in [0.2, 0.25) is 0 Å². The highest BCUT2D eigenvalue weighted by molar-refractivity contribution is 7.13. The minimum atomic E-state index is 0.613. The van der Waals surface area contributed by atoms with Gasteiger partial charge in [-0.05, 0) is 36.1 Å². The molecule has 4 aromatic rings. The zero-order valence-electron chi connectivity index (χ0n) is 12.6. The molecule has 0 saturated carbocycles. The molecule has 0 aliphatic rings. The summed E-state index contributed by atoms with van der Waals surface area (Å²) in [6.07, 6.45) is 1.97.